The van der Waals surface area contributed by atoms with Gasteiger partial charge in [0.15, 0.2) is 0 Å². The van der Waals surface area contributed by atoms with E-state index in [0.717, 1.165) is 19.3 Å². The molecule has 2 fully saturated rings. The Morgan fingerprint density at radius 3 is 2.86 bits per heavy atom. The number of rotatable bonds is 3. The van der Waals surface area contributed by atoms with Gasteiger partial charge in [0.1, 0.15) is 11.9 Å². The number of carbonyl (C=O) groups is 1. The van der Waals surface area contributed by atoms with E-state index >= 15 is 0 Å². The summed E-state index contributed by atoms with van der Waals surface area (Å²) in [6.45, 7) is 1.39. The Bertz CT molecular complexity index is 531. The van der Waals surface area contributed by atoms with Crippen molar-refractivity contribution in [2.45, 2.75) is 37.3 Å². The Kier molecular flexibility index (Phi) is 3.95. The molecule has 2 aliphatic rings. The Hall–Kier alpha value is -1.46. The van der Waals surface area contributed by atoms with Crippen LogP contribution >= 0.6 is 0 Å². The minimum atomic E-state index is -0.390. The van der Waals surface area contributed by atoms with Gasteiger partial charge in [0, 0.05) is 24.1 Å². The van der Waals surface area contributed by atoms with E-state index in [1.165, 1.54) is 6.07 Å². The molecule has 21 heavy (non-hydrogen) atoms. The molecule has 3 rings (SSSR count). The summed E-state index contributed by atoms with van der Waals surface area (Å²) in [4.78, 5) is 14.1. The molecule has 0 spiro atoms. The summed E-state index contributed by atoms with van der Waals surface area (Å²) in [5.74, 6) is -0.229. The van der Waals surface area contributed by atoms with Crippen LogP contribution in [0.2, 0.25) is 0 Å². The molecular weight excluding hydrogens is 271 g/mol. The van der Waals surface area contributed by atoms with Crippen molar-refractivity contribution in [2.24, 2.45) is 5.73 Å². The molecule has 1 aliphatic carbocycles. The van der Waals surface area contributed by atoms with Crippen LogP contribution in [0.1, 0.15) is 37.4 Å². The van der Waals surface area contributed by atoms with E-state index in [-0.39, 0.29) is 23.4 Å². The number of amides is 1. The van der Waals surface area contributed by atoms with E-state index in [9.17, 15) is 9.18 Å². The quantitative estimate of drug-likeness (QED) is 0.927. The summed E-state index contributed by atoms with van der Waals surface area (Å²) in [5.41, 5.74) is 6.34. The number of benzene rings is 1. The highest BCUT2D eigenvalue weighted by atomic mass is 19.1. The van der Waals surface area contributed by atoms with Crippen LogP contribution in [0.25, 0.3) is 0 Å². The van der Waals surface area contributed by atoms with E-state index in [0.29, 0.717) is 31.7 Å². The van der Waals surface area contributed by atoms with Gasteiger partial charge in [0.2, 0.25) is 5.91 Å². The Labute approximate surface area is 124 Å². The molecule has 1 saturated carbocycles. The van der Waals surface area contributed by atoms with Crippen molar-refractivity contribution >= 4 is 5.91 Å². The maximum atomic E-state index is 13.8. The number of morpholine rings is 1. The third-order valence-corrected chi connectivity index (χ3v) is 4.52. The van der Waals surface area contributed by atoms with E-state index in [2.05, 4.69) is 0 Å². The standard InChI is InChI=1S/C16H21FN2O2/c17-13-5-2-1-4-12(13)14-11-19(8-9-21-14)15(20)10-16(18)6-3-7-16/h1-2,4-5,14H,3,6-11,18H2/t14-/m1/s1. The van der Waals surface area contributed by atoms with E-state index in [1.807, 2.05) is 0 Å². The van der Waals surface area contributed by atoms with Crippen molar-refractivity contribution < 1.29 is 13.9 Å². The van der Waals surface area contributed by atoms with Crippen LogP contribution in [0.4, 0.5) is 4.39 Å². The molecule has 1 aromatic rings. The van der Waals surface area contributed by atoms with Gasteiger partial charge in [-0.05, 0) is 25.3 Å². The van der Waals surface area contributed by atoms with E-state index in [1.54, 1.807) is 23.1 Å². The van der Waals surface area contributed by atoms with Gasteiger partial charge < -0.3 is 15.4 Å². The van der Waals surface area contributed by atoms with Crippen LogP contribution in [0.15, 0.2) is 24.3 Å². The maximum Gasteiger partial charge on any atom is 0.224 e. The summed E-state index contributed by atoms with van der Waals surface area (Å²) < 4.78 is 19.5. The maximum absolute atomic E-state index is 13.8. The highest BCUT2D eigenvalue weighted by Crippen LogP contribution is 2.33. The fraction of sp³-hybridized carbons (Fsp3) is 0.562. The van der Waals surface area contributed by atoms with Gasteiger partial charge in [-0.15, -0.1) is 0 Å². The fourth-order valence-corrected chi connectivity index (χ4v) is 3.02. The van der Waals surface area contributed by atoms with Gasteiger partial charge in [-0.2, -0.15) is 0 Å². The lowest BCUT2D eigenvalue weighted by molar-refractivity contribution is -0.141. The lowest BCUT2D eigenvalue weighted by atomic mass is 9.75. The molecule has 114 valence electrons. The molecule has 2 N–H and O–H groups in total. The number of ether oxygens (including phenoxy) is 1. The summed E-state index contributed by atoms with van der Waals surface area (Å²) in [5, 5.41) is 0. The minimum absolute atomic E-state index is 0.0573. The zero-order valence-corrected chi connectivity index (χ0v) is 12.1. The first kappa shape index (κ1) is 14.5. The van der Waals surface area contributed by atoms with Crippen LogP contribution < -0.4 is 5.73 Å². The van der Waals surface area contributed by atoms with Crippen molar-refractivity contribution in [3.63, 3.8) is 0 Å². The van der Waals surface area contributed by atoms with Gasteiger partial charge in [-0.1, -0.05) is 18.2 Å². The van der Waals surface area contributed by atoms with Gasteiger partial charge in [-0.25, -0.2) is 4.39 Å². The van der Waals surface area contributed by atoms with Crippen LogP contribution in [-0.2, 0) is 9.53 Å². The van der Waals surface area contributed by atoms with Crippen LogP contribution in [0.5, 0.6) is 0 Å². The fourth-order valence-electron chi connectivity index (χ4n) is 3.02. The van der Waals surface area contributed by atoms with Crippen LogP contribution in [0.3, 0.4) is 0 Å². The molecule has 1 aromatic carbocycles. The van der Waals surface area contributed by atoms with E-state index < -0.39 is 0 Å². The predicted molar refractivity (Wildman–Crippen MR) is 77.1 cm³/mol. The van der Waals surface area contributed by atoms with Crippen LogP contribution in [0, 0.1) is 5.82 Å². The number of nitrogens with two attached hydrogens (primary N) is 1. The zero-order chi connectivity index (χ0) is 14.9. The SMILES string of the molecule is NC1(CC(=O)N2CCO[C@@H](c3ccccc3F)C2)CCC1. The summed E-state index contributed by atoms with van der Waals surface area (Å²) in [7, 11) is 0. The molecule has 1 amide bonds. The van der Waals surface area contributed by atoms with Gasteiger partial charge in [0.05, 0.1) is 13.2 Å². The minimum Gasteiger partial charge on any atom is -0.370 e. The lowest BCUT2D eigenvalue weighted by Crippen LogP contribution is -2.52. The molecule has 0 unspecified atom stereocenters. The van der Waals surface area contributed by atoms with Gasteiger partial charge in [-0.3, -0.25) is 4.79 Å². The third-order valence-electron chi connectivity index (χ3n) is 4.52. The van der Waals surface area contributed by atoms with E-state index in [4.69, 9.17) is 10.5 Å². The second kappa shape index (κ2) is 5.73. The third kappa shape index (κ3) is 3.09. The first-order valence-electron chi connectivity index (χ1n) is 7.50. The van der Waals surface area contributed by atoms with Crippen molar-refractivity contribution in [2.75, 3.05) is 19.7 Å². The summed E-state index contributed by atoms with van der Waals surface area (Å²) in [6, 6.07) is 6.57. The predicted octanol–water partition coefficient (Wildman–Crippen LogP) is 2.00. The number of nitrogens with zero attached hydrogens (tertiary/aromatic N) is 1. The number of carbonyl (C=O) groups excluding carboxylic acids is 1. The molecule has 0 bridgehead atoms. The first-order valence-corrected chi connectivity index (χ1v) is 7.50. The average Bonchev–Trinajstić information content (AvgIpc) is 2.46. The normalized spacial score (nSPS) is 24.5. The molecule has 0 radical (unpaired) electrons. The Balaban J connectivity index is 1.65. The molecule has 1 aliphatic heterocycles. The second-order valence-corrected chi connectivity index (χ2v) is 6.11. The van der Waals surface area contributed by atoms with Crippen molar-refractivity contribution in [1.29, 1.82) is 0 Å². The average molecular weight is 292 g/mol. The van der Waals surface area contributed by atoms with Gasteiger partial charge in [0.25, 0.3) is 0 Å². The highest BCUT2D eigenvalue weighted by molar-refractivity contribution is 5.77. The first-order chi connectivity index (χ1) is 10.1. The molecule has 1 saturated heterocycles. The largest absolute Gasteiger partial charge is 0.370 e. The van der Waals surface area contributed by atoms with Crippen molar-refractivity contribution in [1.82, 2.24) is 4.90 Å². The highest BCUT2D eigenvalue weighted by Gasteiger charge is 2.37. The molecular formula is C16H21FN2O2. The monoisotopic (exact) mass is 292 g/mol. The smallest absolute Gasteiger partial charge is 0.224 e. The molecule has 1 heterocycles. The summed E-state index contributed by atoms with van der Waals surface area (Å²) >= 11 is 0. The Morgan fingerprint density at radius 1 is 1.43 bits per heavy atom. The number of halogens is 1. The number of hydrogen-bond donors (Lipinski definition) is 1. The zero-order valence-electron chi connectivity index (χ0n) is 12.1. The second-order valence-electron chi connectivity index (χ2n) is 6.11. The summed E-state index contributed by atoms with van der Waals surface area (Å²) in [6.07, 6.45) is 2.93. The van der Waals surface area contributed by atoms with Crippen molar-refractivity contribution in [3.8, 4) is 0 Å². The van der Waals surface area contributed by atoms with Crippen LogP contribution in [-0.4, -0.2) is 36.0 Å². The lowest BCUT2D eigenvalue weighted by Gasteiger charge is -2.40. The molecule has 4 nitrogen and oxygen atoms in total. The molecule has 5 heteroatoms. The van der Waals surface area contributed by atoms with Crippen molar-refractivity contribution in [3.05, 3.63) is 35.6 Å². The topological polar surface area (TPSA) is 55.6 Å². The number of hydrogen-bond acceptors (Lipinski definition) is 3. The van der Waals surface area contributed by atoms with Gasteiger partial charge >= 0.3 is 0 Å². The molecule has 1 atom stereocenters. The molecule has 0 aromatic heterocycles. The Morgan fingerprint density at radius 2 is 2.19 bits per heavy atom.